The highest BCUT2D eigenvalue weighted by atomic mass is 16.2. The van der Waals surface area contributed by atoms with Gasteiger partial charge in [0.15, 0.2) is 0 Å². The first-order valence-corrected chi connectivity index (χ1v) is 14.5. The van der Waals surface area contributed by atoms with Gasteiger partial charge in [-0.1, -0.05) is 78.0 Å². The third kappa shape index (κ3) is 4.89. The quantitative estimate of drug-likeness (QED) is 0.475. The fraction of sp³-hybridized carbons (Fsp3) is 0.688. The molecule has 1 aromatic carbocycles. The SMILES string of the molecule is CC.CC.CC(C)(NC(=O)C1CCC2C3CCC4NC(=O)C=CC4(C)C3CCC12C)c1ccccc1. The Morgan fingerprint density at radius 1 is 0.944 bits per heavy atom. The third-order valence-electron chi connectivity index (χ3n) is 9.93. The van der Waals surface area contributed by atoms with Crippen LogP contribution in [0.4, 0.5) is 0 Å². The van der Waals surface area contributed by atoms with Crippen molar-refractivity contribution in [2.75, 3.05) is 0 Å². The van der Waals surface area contributed by atoms with Crippen molar-refractivity contribution in [3.63, 3.8) is 0 Å². The molecule has 4 aliphatic rings. The van der Waals surface area contributed by atoms with Crippen LogP contribution in [0.3, 0.4) is 0 Å². The monoisotopic (exact) mass is 494 g/mol. The van der Waals surface area contributed by atoms with E-state index >= 15 is 0 Å². The van der Waals surface area contributed by atoms with Crippen LogP contribution < -0.4 is 10.6 Å². The Bertz CT molecular complexity index is 939. The lowest BCUT2D eigenvalue weighted by atomic mass is 9.48. The van der Waals surface area contributed by atoms with Crippen molar-refractivity contribution in [1.29, 1.82) is 0 Å². The van der Waals surface area contributed by atoms with Crippen LogP contribution in [0.15, 0.2) is 42.5 Å². The lowest BCUT2D eigenvalue weighted by Crippen LogP contribution is -2.59. The van der Waals surface area contributed by atoms with Crippen LogP contribution in [0, 0.1) is 34.5 Å². The second-order valence-electron chi connectivity index (χ2n) is 11.9. The zero-order valence-corrected chi connectivity index (χ0v) is 24.0. The number of carbonyl (C=O) groups is 2. The molecule has 4 heteroatoms. The molecule has 0 spiro atoms. The predicted octanol–water partition coefficient (Wildman–Crippen LogP) is 7.00. The van der Waals surface area contributed by atoms with Crippen LogP contribution >= 0.6 is 0 Å². The first-order chi connectivity index (χ1) is 17.1. The van der Waals surface area contributed by atoms with Gasteiger partial charge < -0.3 is 10.6 Å². The van der Waals surface area contributed by atoms with Gasteiger partial charge in [0.25, 0.3) is 0 Å². The van der Waals surface area contributed by atoms with Gasteiger partial charge in [-0.15, -0.1) is 0 Å². The maximum atomic E-state index is 13.6. The Hall–Kier alpha value is -2.10. The number of rotatable bonds is 3. The van der Waals surface area contributed by atoms with Gasteiger partial charge in [0, 0.05) is 17.4 Å². The molecule has 0 saturated heterocycles. The van der Waals surface area contributed by atoms with E-state index in [0.29, 0.717) is 17.8 Å². The zero-order valence-electron chi connectivity index (χ0n) is 24.0. The van der Waals surface area contributed by atoms with Crippen LogP contribution in [0.25, 0.3) is 0 Å². The number of nitrogens with one attached hydrogen (secondary N) is 2. The summed E-state index contributed by atoms with van der Waals surface area (Å²) in [6.45, 7) is 17.0. The Balaban J connectivity index is 0.000000861. The number of benzene rings is 1. The van der Waals surface area contributed by atoms with Gasteiger partial charge in [-0.25, -0.2) is 0 Å². The fourth-order valence-corrected chi connectivity index (χ4v) is 8.09. The van der Waals surface area contributed by atoms with Crippen molar-refractivity contribution in [1.82, 2.24) is 10.6 Å². The van der Waals surface area contributed by atoms with Crippen molar-refractivity contribution in [3.8, 4) is 0 Å². The van der Waals surface area contributed by atoms with Crippen molar-refractivity contribution in [3.05, 3.63) is 48.0 Å². The van der Waals surface area contributed by atoms with Gasteiger partial charge in [-0.3, -0.25) is 9.59 Å². The smallest absolute Gasteiger partial charge is 0.243 e. The zero-order chi connectivity index (χ0) is 26.7. The molecule has 2 N–H and O–H groups in total. The lowest BCUT2D eigenvalue weighted by Gasteiger charge is -2.58. The Labute approximate surface area is 220 Å². The van der Waals surface area contributed by atoms with Crippen LogP contribution in [-0.4, -0.2) is 17.9 Å². The molecule has 7 unspecified atom stereocenters. The van der Waals surface area contributed by atoms with Crippen molar-refractivity contribution in [2.45, 2.75) is 105 Å². The van der Waals surface area contributed by atoms with Crippen LogP contribution in [0.2, 0.25) is 0 Å². The van der Waals surface area contributed by atoms with Gasteiger partial charge in [-0.05, 0) is 87.2 Å². The summed E-state index contributed by atoms with van der Waals surface area (Å²) < 4.78 is 0. The average Bonchev–Trinajstić information content (AvgIpc) is 3.24. The van der Waals surface area contributed by atoms with E-state index in [1.54, 1.807) is 6.08 Å². The minimum atomic E-state index is -0.374. The lowest BCUT2D eigenvalue weighted by molar-refractivity contribution is -0.135. The van der Waals surface area contributed by atoms with Crippen molar-refractivity contribution in [2.24, 2.45) is 34.5 Å². The maximum Gasteiger partial charge on any atom is 0.243 e. The van der Waals surface area contributed by atoms with Gasteiger partial charge in [0.05, 0.1) is 5.54 Å². The number of fused-ring (bicyclic) bond motifs is 5. The molecule has 5 rings (SSSR count). The summed E-state index contributed by atoms with van der Waals surface area (Å²) >= 11 is 0. The van der Waals surface area contributed by atoms with E-state index in [4.69, 9.17) is 0 Å². The molecule has 1 heterocycles. The molecular weight excluding hydrogens is 444 g/mol. The molecule has 7 atom stereocenters. The molecule has 3 saturated carbocycles. The normalized spacial score (nSPS) is 36.4. The van der Waals surface area contributed by atoms with Gasteiger partial charge in [0.1, 0.15) is 0 Å². The standard InChI is InChI=1S/C28H38N2O2.2C2H6/c1-26(2,18-8-6-5-7-9-18)30-25(32)22-12-11-20-19-10-13-23-28(4,17-15-24(31)29-23)21(19)14-16-27(20,22)3;2*1-2/h5-9,15,17,19-23H,10-14,16H2,1-4H3,(H,29,31)(H,30,32);2*1-2H3. The van der Waals surface area contributed by atoms with Crippen LogP contribution in [0.5, 0.6) is 0 Å². The molecule has 2 amide bonds. The summed E-state index contributed by atoms with van der Waals surface area (Å²) in [4.78, 5) is 25.6. The second-order valence-corrected chi connectivity index (χ2v) is 11.9. The molecule has 3 aliphatic carbocycles. The second kappa shape index (κ2) is 11.1. The maximum absolute atomic E-state index is 13.6. The molecule has 0 radical (unpaired) electrons. The molecule has 0 bridgehead atoms. The van der Waals surface area contributed by atoms with E-state index in [0.717, 1.165) is 37.7 Å². The van der Waals surface area contributed by atoms with E-state index in [1.165, 1.54) is 6.42 Å². The van der Waals surface area contributed by atoms with Gasteiger partial charge >= 0.3 is 0 Å². The minimum absolute atomic E-state index is 0.0494. The van der Waals surface area contributed by atoms with Crippen molar-refractivity contribution < 1.29 is 9.59 Å². The Kier molecular flexibility index (Phi) is 8.78. The summed E-state index contributed by atoms with van der Waals surface area (Å²) in [7, 11) is 0. The van der Waals surface area contributed by atoms with Gasteiger partial charge in [-0.2, -0.15) is 0 Å². The largest absolute Gasteiger partial charge is 0.349 e. The molecular formula is C32H50N2O2. The molecule has 36 heavy (non-hydrogen) atoms. The van der Waals surface area contributed by atoms with E-state index < -0.39 is 0 Å². The van der Waals surface area contributed by atoms with Crippen LogP contribution in [0.1, 0.15) is 99.5 Å². The van der Waals surface area contributed by atoms with E-state index in [-0.39, 0.29) is 40.1 Å². The highest BCUT2D eigenvalue weighted by Gasteiger charge is 2.61. The highest BCUT2D eigenvalue weighted by Crippen LogP contribution is 2.65. The topological polar surface area (TPSA) is 58.2 Å². The van der Waals surface area contributed by atoms with Crippen molar-refractivity contribution >= 4 is 11.8 Å². The highest BCUT2D eigenvalue weighted by molar-refractivity contribution is 5.89. The predicted molar refractivity (Wildman–Crippen MR) is 149 cm³/mol. The molecule has 200 valence electrons. The molecule has 1 aliphatic heterocycles. The Morgan fingerprint density at radius 2 is 1.61 bits per heavy atom. The number of amides is 2. The number of carbonyl (C=O) groups excluding carboxylic acids is 2. The first-order valence-electron chi connectivity index (χ1n) is 14.5. The number of hydrogen-bond donors (Lipinski definition) is 2. The first kappa shape index (κ1) is 28.5. The average molecular weight is 495 g/mol. The number of hydrogen-bond acceptors (Lipinski definition) is 2. The summed E-state index contributed by atoms with van der Waals surface area (Å²) in [5.74, 6) is 2.22. The van der Waals surface area contributed by atoms with Gasteiger partial charge in [0.2, 0.25) is 11.8 Å². The summed E-state index contributed by atoms with van der Waals surface area (Å²) in [6, 6.07) is 10.6. The summed E-state index contributed by atoms with van der Waals surface area (Å²) in [5, 5.41) is 6.64. The fourth-order valence-electron chi connectivity index (χ4n) is 8.09. The molecule has 4 nitrogen and oxygen atoms in total. The van der Waals surface area contributed by atoms with E-state index in [9.17, 15) is 9.59 Å². The Morgan fingerprint density at radius 3 is 2.28 bits per heavy atom. The summed E-state index contributed by atoms with van der Waals surface area (Å²) in [6.07, 6.45) is 10.6. The molecule has 1 aromatic rings. The minimum Gasteiger partial charge on any atom is -0.349 e. The molecule has 3 fully saturated rings. The van der Waals surface area contributed by atoms with E-state index in [1.807, 2.05) is 45.9 Å². The molecule has 0 aromatic heterocycles. The van der Waals surface area contributed by atoms with Crippen LogP contribution in [-0.2, 0) is 15.1 Å². The third-order valence-corrected chi connectivity index (χ3v) is 9.93. The summed E-state index contributed by atoms with van der Waals surface area (Å²) in [5.41, 5.74) is 0.895. The van der Waals surface area contributed by atoms with E-state index in [2.05, 4.69) is 56.5 Å².